The maximum Gasteiger partial charge on any atom is 0.321 e. The van der Waals surface area contributed by atoms with E-state index in [2.05, 4.69) is 16.0 Å². The van der Waals surface area contributed by atoms with Crippen molar-refractivity contribution in [3.05, 3.63) is 60.1 Å². The molecule has 0 saturated heterocycles. The standard InChI is InChI=1S/C18H23N3O3/c1-18(2,3)21-17(23)20-15(22)12-19-16(14-10-7-11-24-14)13-8-5-4-6-9-13/h4-11,16,19H,12H2,1-3H3,(H2,20,21,22,23)/t16-/m0/s1. The van der Waals surface area contributed by atoms with Crippen molar-refractivity contribution in [3.63, 3.8) is 0 Å². The van der Waals surface area contributed by atoms with Crippen LogP contribution < -0.4 is 16.0 Å². The number of benzene rings is 1. The van der Waals surface area contributed by atoms with Crippen molar-refractivity contribution < 1.29 is 14.0 Å². The summed E-state index contributed by atoms with van der Waals surface area (Å²) in [6.07, 6.45) is 1.59. The fraction of sp³-hybridized carbons (Fsp3) is 0.333. The van der Waals surface area contributed by atoms with Crippen molar-refractivity contribution in [2.75, 3.05) is 6.54 Å². The summed E-state index contributed by atoms with van der Waals surface area (Å²) in [4.78, 5) is 23.7. The number of rotatable bonds is 5. The highest BCUT2D eigenvalue weighted by Crippen LogP contribution is 2.21. The molecule has 0 saturated carbocycles. The van der Waals surface area contributed by atoms with Crippen LogP contribution in [0.2, 0.25) is 0 Å². The summed E-state index contributed by atoms with van der Waals surface area (Å²) in [5, 5.41) is 8.11. The number of carbonyl (C=O) groups is 2. The average Bonchev–Trinajstić information content (AvgIpc) is 3.00. The third-order valence-electron chi connectivity index (χ3n) is 3.17. The molecule has 0 aliphatic heterocycles. The van der Waals surface area contributed by atoms with E-state index in [-0.39, 0.29) is 12.6 Å². The Balaban J connectivity index is 1.96. The van der Waals surface area contributed by atoms with E-state index < -0.39 is 17.5 Å². The van der Waals surface area contributed by atoms with Crippen LogP contribution in [0.5, 0.6) is 0 Å². The van der Waals surface area contributed by atoms with Crippen LogP contribution >= 0.6 is 0 Å². The van der Waals surface area contributed by atoms with Gasteiger partial charge in [0.2, 0.25) is 5.91 Å². The Morgan fingerprint density at radius 2 is 1.79 bits per heavy atom. The SMILES string of the molecule is CC(C)(C)NC(=O)NC(=O)CN[C@@H](c1ccccc1)c1ccco1. The van der Waals surface area contributed by atoms with Gasteiger partial charge in [0.1, 0.15) is 5.76 Å². The molecule has 24 heavy (non-hydrogen) atoms. The zero-order valence-corrected chi connectivity index (χ0v) is 14.1. The maximum atomic E-state index is 12.0. The third-order valence-corrected chi connectivity index (χ3v) is 3.17. The Hall–Kier alpha value is -2.60. The zero-order valence-electron chi connectivity index (χ0n) is 14.1. The molecular weight excluding hydrogens is 306 g/mol. The van der Waals surface area contributed by atoms with Gasteiger partial charge in [0.15, 0.2) is 0 Å². The molecule has 6 heteroatoms. The van der Waals surface area contributed by atoms with E-state index >= 15 is 0 Å². The molecule has 1 heterocycles. The molecular formula is C18H23N3O3. The van der Waals surface area contributed by atoms with Gasteiger partial charge in [0.05, 0.1) is 18.8 Å². The van der Waals surface area contributed by atoms with Crippen LogP contribution in [-0.2, 0) is 4.79 Å². The second-order valence-corrected chi connectivity index (χ2v) is 6.49. The molecule has 2 rings (SSSR count). The van der Waals surface area contributed by atoms with Crippen LogP contribution in [-0.4, -0.2) is 24.0 Å². The molecule has 3 amide bonds. The van der Waals surface area contributed by atoms with Gasteiger partial charge in [-0.1, -0.05) is 30.3 Å². The summed E-state index contributed by atoms with van der Waals surface area (Å²) in [6, 6.07) is 12.5. The number of furan rings is 1. The Kier molecular flexibility index (Phi) is 5.76. The van der Waals surface area contributed by atoms with Gasteiger partial charge in [0, 0.05) is 5.54 Å². The number of nitrogens with one attached hydrogen (secondary N) is 3. The Morgan fingerprint density at radius 1 is 1.08 bits per heavy atom. The zero-order chi connectivity index (χ0) is 17.6. The average molecular weight is 329 g/mol. The summed E-state index contributed by atoms with van der Waals surface area (Å²) in [5.41, 5.74) is 0.567. The minimum Gasteiger partial charge on any atom is -0.467 e. The smallest absolute Gasteiger partial charge is 0.321 e. The molecule has 1 atom stereocenters. The molecule has 128 valence electrons. The first-order valence-corrected chi connectivity index (χ1v) is 7.79. The highest BCUT2D eigenvalue weighted by Gasteiger charge is 2.19. The van der Waals surface area contributed by atoms with Gasteiger partial charge in [0.25, 0.3) is 0 Å². The van der Waals surface area contributed by atoms with Crippen molar-refractivity contribution in [2.45, 2.75) is 32.4 Å². The lowest BCUT2D eigenvalue weighted by atomic mass is 10.0. The Labute approximate surface area is 141 Å². The molecule has 2 aromatic rings. The van der Waals surface area contributed by atoms with Gasteiger partial charge < -0.3 is 9.73 Å². The van der Waals surface area contributed by atoms with Gasteiger partial charge >= 0.3 is 6.03 Å². The summed E-state index contributed by atoms with van der Waals surface area (Å²) in [5.74, 6) is 0.289. The third kappa shape index (κ3) is 5.55. The molecule has 0 unspecified atom stereocenters. The van der Waals surface area contributed by atoms with Crippen molar-refractivity contribution in [1.29, 1.82) is 0 Å². The predicted octanol–water partition coefficient (Wildman–Crippen LogP) is 2.58. The molecule has 0 fully saturated rings. The van der Waals surface area contributed by atoms with Gasteiger partial charge in [-0.25, -0.2) is 4.79 Å². The second kappa shape index (κ2) is 7.79. The van der Waals surface area contributed by atoms with E-state index in [0.29, 0.717) is 5.76 Å². The second-order valence-electron chi connectivity index (χ2n) is 6.49. The Bertz CT molecular complexity index is 661. The number of carbonyl (C=O) groups excluding carboxylic acids is 2. The number of hydrogen-bond donors (Lipinski definition) is 3. The molecule has 0 radical (unpaired) electrons. The minimum atomic E-state index is -0.511. The van der Waals surface area contributed by atoms with E-state index in [0.717, 1.165) is 5.56 Å². The van der Waals surface area contributed by atoms with Crippen LogP contribution in [0.3, 0.4) is 0 Å². The molecule has 0 aliphatic rings. The summed E-state index contributed by atoms with van der Waals surface area (Å²) >= 11 is 0. The van der Waals surface area contributed by atoms with Crippen molar-refractivity contribution in [2.24, 2.45) is 0 Å². The van der Waals surface area contributed by atoms with Crippen LogP contribution in [0, 0.1) is 0 Å². The normalized spacial score (nSPS) is 12.5. The monoisotopic (exact) mass is 329 g/mol. The fourth-order valence-electron chi connectivity index (χ4n) is 2.22. The van der Waals surface area contributed by atoms with Gasteiger partial charge in [-0.15, -0.1) is 0 Å². The lowest BCUT2D eigenvalue weighted by Crippen LogP contribution is -2.50. The first-order chi connectivity index (χ1) is 11.3. The summed E-state index contributed by atoms with van der Waals surface area (Å²) < 4.78 is 5.46. The molecule has 3 N–H and O–H groups in total. The van der Waals surface area contributed by atoms with E-state index in [4.69, 9.17) is 4.42 Å². The molecule has 6 nitrogen and oxygen atoms in total. The quantitative estimate of drug-likeness (QED) is 0.787. The lowest BCUT2D eigenvalue weighted by Gasteiger charge is -2.21. The molecule has 1 aromatic heterocycles. The van der Waals surface area contributed by atoms with E-state index in [1.165, 1.54) is 0 Å². The highest BCUT2D eigenvalue weighted by molar-refractivity contribution is 5.95. The maximum absolute atomic E-state index is 12.0. The number of amides is 3. The van der Waals surface area contributed by atoms with Gasteiger partial charge in [-0.3, -0.25) is 15.4 Å². The topological polar surface area (TPSA) is 83.4 Å². The highest BCUT2D eigenvalue weighted by atomic mass is 16.3. The Morgan fingerprint density at radius 3 is 2.38 bits per heavy atom. The first kappa shape index (κ1) is 17.7. The van der Waals surface area contributed by atoms with Crippen LogP contribution in [0.15, 0.2) is 53.1 Å². The molecule has 0 aliphatic carbocycles. The molecule has 0 bridgehead atoms. The number of urea groups is 1. The van der Waals surface area contributed by atoms with E-state index in [1.54, 1.807) is 12.3 Å². The number of hydrogen-bond acceptors (Lipinski definition) is 4. The van der Waals surface area contributed by atoms with Crippen molar-refractivity contribution in [1.82, 2.24) is 16.0 Å². The van der Waals surface area contributed by atoms with Crippen molar-refractivity contribution in [3.8, 4) is 0 Å². The van der Waals surface area contributed by atoms with E-state index in [9.17, 15) is 9.59 Å². The predicted molar refractivity (Wildman–Crippen MR) is 91.4 cm³/mol. The summed E-state index contributed by atoms with van der Waals surface area (Å²) in [7, 11) is 0. The molecule has 1 aromatic carbocycles. The largest absolute Gasteiger partial charge is 0.467 e. The van der Waals surface area contributed by atoms with Gasteiger partial charge in [-0.05, 0) is 38.5 Å². The first-order valence-electron chi connectivity index (χ1n) is 7.79. The number of imide groups is 1. The fourth-order valence-corrected chi connectivity index (χ4v) is 2.22. The minimum absolute atomic E-state index is 0.0160. The van der Waals surface area contributed by atoms with E-state index in [1.807, 2.05) is 57.2 Å². The summed E-state index contributed by atoms with van der Waals surface area (Å²) in [6.45, 7) is 5.52. The van der Waals surface area contributed by atoms with Crippen LogP contribution in [0.25, 0.3) is 0 Å². The van der Waals surface area contributed by atoms with Crippen LogP contribution in [0.4, 0.5) is 4.79 Å². The van der Waals surface area contributed by atoms with Gasteiger partial charge in [-0.2, -0.15) is 0 Å². The van der Waals surface area contributed by atoms with Crippen molar-refractivity contribution >= 4 is 11.9 Å². The molecule has 0 spiro atoms. The lowest BCUT2D eigenvalue weighted by molar-refractivity contribution is -0.119. The van der Waals surface area contributed by atoms with Crippen LogP contribution in [0.1, 0.15) is 38.1 Å².